The summed E-state index contributed by atoms with van der Waals surface area (Å²) in [7, 11) is 1.88. The van der Waals surface area contributed by atoms with E-state index in [-0.39, 0.29) is 12.3 Å². The van der Waals surface area contributed by atoms with Crippen molar-refractivity contribution in [3.63, 3.8) is 0 Å². The maximum Gasteiger partial charge on any atom is 0.177 e. The number of hydrogen-bond donors (Lipinski definition) is 1. The lowest BCUT2D eigenvalue weighted by Gasteiger charge is -2.25. The standard InChI is InChI=1S/C11H18ClNO2S/c1-4-14-11(15-5-2)9(13-3)10-8(12)6-7-16-10/h6-7,9,11,13H,4-5H2,1-3H3. The predicted octanol–water partition coefficient (Wildman–Crippen LogP) is 3.06. The van der Waals surface area contributed by atoms with Crippen LogP contribution in [0.2, 0.25) is 5.02 Å². The van der Waals surface area contributed by atoms with Gasteiger partial charge in [0.1, 0.15) is 0 Å². The summed E-state index contributed by atoms with van der Waals surface area (Å²) in [6.45, 7) is 5.14. The second-order valence-corrected chi connectivity index (χ2v) is 4.53. The Balaban J connectivity index is 2.81. The SMILES string of the molecule is CCOC(OCC)C(NC)c1sccc1Cl. The zero-order chi connectivity index (χ0) is 12.0. The van der Waals surface area contributed by atoms with E-state index in [1.54, 1.807) is 11.3 Å². The Kier molecular flexibility index (Phi) is 6.31. The van der Waals surface area contributed by atoms with Crippen molar-refractivity contribution in [2.45, 2.75) is 26.2 Å². The van der Waals surface area contributed by atoms with Crippen molar-refractivity contribution >= 4 is 22.9 Å². The Morgan fingerprint density at radius 2 is 2.00 bits per heavy atom. The minimum atomic E-state index is -0.295. The second kappa shape index (κ2) is 7.25. The van der Waals surface area contributed by atoms with Crippen molar-refractivity contribution in [2.75, 3.05) is 20.3 Å². The molecule has 0 saturated heterocycles. The molecule has 92 valence electrons. The second-order valence-electron chi connectivity index (χ2n) is 3.18. The Hall–Kier alpha value is -0.130. The first-order valence-electron chi connectivity index (χ1n) is 5.37. The third-order valence-corrected chi connectivity index (χ3v) is 3.61. The van der Waals surface area contributed by atoms with Crippen LogP contribution in [0.5, 0.6) is 0 Å². The predicted molar refractivity (Wildman–Crippen MR) is 68.2 cm³/mol. The molecule has 1 rings (SSSR count). The average Bonchev–Trinajstić information content (AvgIpc) is 2.67. The van der Waals surface area contributed by atoms with Crippen LogP contribution < -0.4 is 5.32 Å². The fraction of sp³-hybridized carbons (Fsp3) is 0.636. The van der Waals surface area contributed by atoms with Gasteiger partial charge in [0.15, 0.2) is 6.29 Å². The molecule has 0 spiro atoms. The van der Waals surface area contributed by atoms with E-state index in [2.05, 4.69) is 5.32 Å². The maximum atomic E-state index is 6.12. The monoisotopic (exact) mass is 263 g/mol. The van der Waals surface area contributed by atoms with Gasteiger partial charge in [-0.05, 0) is 32.3 Å². The van der Waals surface area contributed by atoms with E-state index in [1.807, 2.05) is 32.3 Å². The lowest BCUT2D eigenvalue weighted by atomic mass is 10.2. The fourth-order valence-corrected chi connectivity index (χ4v) is 2.78. The summed E-state index contributed by atoms with van der Waals surface area (Å²) >= 11 is 7.72. The molecule has 1 aromatic rings. The number of nitrogens with one attached hydrogen (secondary N) is 1. The van der Waals surface area contributed by atoms with E-state index in [1.165, 1.54) is 0 Å². The summed E-state index contributed by atoms with van der Waals surface area (Å²) in [5, 5.41) is 5.92. The topological polar surface area (TPSA) is 30.5 Å². The van der Waals surface area contributed by atoms with E-state index in [9.17, 15) is 0 Å². The largest absolute Gasteiger partial charge is 0.351 e. The molecule has 1 unspecified atom stereocenters. The molecule has 0 aliphatic carbocycles. The highest BCUT2D eigenvalue weighted by molar-refractivity contribution is 7.10. The first-order valence-corrected chi connectivity index (χ1v) is 6.63. The molecule has 0 aliphatic heterocycles. The van der Waals surface area contributed by atoms with Gasteiger partial charge < -0.3 is 14.8 Å². The van der Waals surface area contributed by atoms with Crippen LogP contribution in [-0.2, 0) is 9.47 Å². The van der Waals surface area contributed by atoms with Crippen LogP contribution in [0.1, 0.15) is 24.8 Å². The molecule has 0 radical (unpaired) electrons. The first kappa shape index (κ1) is 13.9. The van der Waals surface area contributed by atoms with Gasteiger partial charge in [-0.15, -0.1) is 11.3 Å². The van der Waals surface area contributed by atoms with Gasteiger partial charge in [-0.25, -0.2) is 0 Å². The minimum Gasteiger partial charge on any atom is -0.351 e. The summed E-state index contributed by atoms with van der Waals surface area (Å²) in [5.41, 5.74) is 0. The number of rotatable bonds is 7. The van der Waals surface area contributed by atoms with Gasteiger partial charge in [0.05, 0.1) is 11.1 Å². The normalized spacial score (nSPS) is 13.3. The number of ether oxygens (including phenoxy) is 2. The smallest absolute Gasteiger partial charge is 0.177 e. The molecule has 5 heteroatoms. The highest BCUT2D eigenvalue weighted by Gasteiger charge is 2.25. The van der Waals surface area contributed by atoms with Crippen LogP contribution in [-0.4, -0.2) is 26.6 Å². The molecule has 0 saturated carbocycles. The van der Waals surface area contributed by atoms with Crippen molar-refractivity contribution < 1.29 is 9.47 Å². The van der Waals surface area contributed by atoms with Gasteiger partial charge in [-0.2, -0.15) is 0 Å². The summed E-state index contributed by atoms with van der Waals surface area (Å²) in [6, 6.07) is 1.87. The maximum absolute atomic E-state index is 6.12. The van der Waals surface area contributed by atoms with Gasteiger partial charge in [-0.3, -0.25) is 0 Å². The molecule has 1 aromatic heterocycles. The Bertz CT molecular complexity index is 300. The van der Waals surface area contributed by atoms with Crippen LogP contribution in [0.25, 0.3) is 0 Å². The first-order chi connectivity index (χ1) is 7.74. The van der Waals surface area contributed by atoms with Gasteiger partial charge in [0, 0.05) is 18.1 Å². The quantitative estimate of drug-likeness (QED) is 0.767. The Labute approximate surface area is 106 Å². The lowest BCUT2D eigenvalue weighted by Crippen LogP contribution is -2.33. The summed E-state index contributed by atoms with van der Waals surface area (Å²) in [5.74, 6) is 0. The third-order valence-electron chi connectivity index (χ3n) is 2.17. The van der Waals surface area contributed by atoms with Crippen molar-refractivity contribution in [1.29, 1.82) is 0 Å². The third kappa shape index (κ3) is 3.43. The van der Waals surface area contributed by atoms with Gasteiger partial charge >= 0.3 is 0 Å². The molecule has 3 nitrogen and oxygen atoms in total. The van der Waals surface area contributed by atoms with Crippen LogP contribution in [0.4, 0.5) is 0 Å². The average molecular weight is 264 g/mol. The summed E-state index contributed by atoms with van der Waals surface area (Å²) < 4.78 is 11.2. The zero-order valence-electron chi connectivity index (χ0n) is 9.83. The van der Waals surface area contributed by atoms with E-state index in [0.717, 1.165) is 9.90 Å². The Morgan fingerprint density at radius 1 is 1.38 bits per heavy atom. The van der Waals surface area contributed by atoms with E-state index >= 15 is 0 Å². The van der Waals surface area contributed by atoms with E-state index < -0.39 is 0 Å². The molecule has 0 aromatic carbocycles. The fourth-order valence-electron chi connectivity index (χ4n) is 1.49. The molecule has 1 N–H and O–H groups in total. The number of halogens is 1. The molecular formula is C11H18ClNO2S. The van der Waals surface area contributed by atoms with E-state index in [4.69, 9.17) is 21.1 Å². The van der Waals surface area contributed by atoms with Crippen molar-refractivity contribution in [1.82, 2.24) is 5.32 Å². The van der Waals surface area contributed by atoms with Gasteiger partial charge in [-0.1, -0.05) is 11.6 Å². The van der Waals surface area contributed by atoms with Crippen molar-refractivity contribution in [2.24, 2.45) is 0 Å². The van der Waals surface area contributed by atoms with E-state index in [0.29, 0.717) is 13.2 Å². The van der Waals surface area contributed by atoms with Gasteiger partial charge in [0.25, 0.3) is 0 Å². The minimum absolute atomic E-state index is 0.0209. The number of hydrogen-bond acceptors (Lipinski definition) is 4. The zero-order valence-corrected chi connectivity index (χ0v) is 11.4. The lowest BCUT2D eigenvalue weighted by molar-refractivity contribution is -0.153. The summed E-state index contributed by atoms with van der Waals surface area (Å²) in [6.07, 6.45) is -0.295. The highest BCUT2D eigenvalue weighted by Crippen LogP contribution is 2.31. The van der Waals surface area contributed by atoms with Crippen molar-refractivity contribution in [3.8, 4) is 0 Å². The molecule has 0 fully saturated rings. The molecular weight excluding hydrogens is 246 g/mol. The van der Waals surface area contributed by atoms with Crippen molar-refractivity contribution in [3.05, 3.63) is 21.3 Å². The molecule has 0 amide bonds. The molecule has 1 heterocycles. The van der Waals surface area contributed by atoms with Crippen LogP contribution in [0, 0.1) is 0 Å². The molecule has 16 heavy (non-hydrogen) atoms. The number of likely N-dealkylation sites (N-methyl/N-ethyl adjacent to an activating group) is 1. The van der Waals surface area contributed by atoms with Crippen LogP contribution >= 0.6 is 22.9 Å². The van der Waals surface area contributed by atoms with Crippen LogP contribution in [0.3, 0.4) is 0 Å². The molecule has 0 aliphatic rings. The van der Waals surface area contributed by atoms with Crippen LogP contribution in [0.15, 0.2) is 11.4 Å². The summed E-state index contributed by atoms with van der Waals surface area (Å²) in [4.78, 5) is 1.05. The molecule has 1 atom stereocenters. The molecule has 0 bridgehead atoms. The van der Waals surface area contributed by atoms with Gasteiger partial charge in [0.2, 0.25) is 0 Å². The number of thiophene rings is 1. The Morgan fingerprint density at radius 3 is 2.38 bits per heavy atom. The highest BCUT2D eigenvalue weighted by atomic mass is 35.5.